The molecule has 0 spiro atoms. The lowest BCUT2D eigenvalue weighted by Gasteiger charge is -2.21. The summed E-state index contributed by atoms with van der Waals surface area (Å²) in [5.41, 5.74) is 15.2. The van der Waals surface area contributed by atoms with Crippen molar-refractivity contribution in [2.24, 2.45) is 17.2 Å². The number of sulfonamides is 1. The number of nitrogens with zero attached hydrogens (tertiary/aromatic N) is 3. The van der Waals surface area contributed by atoms with E-state index in [-0.39, 0.29) is 29.8 Å². The molecule has 2 aromatic carbocycles. The summed E-state index contributed by atoms with van der Waals surface area (Å²) in [6, 6.07) is 10.9. The van der Waals surface area contributed by atoms with Crippen molar-refractivity contribution in [2.45, 2.75) is 11.4 Å². The van der Waals surface area contributed by atoms with E-state index < -0.39 is 28.5 Å². The van der Waals surface area contributed by atoms with Gasteiger partial charge in [-0.3, -0.25) is 20.6 Å². The molecule has 3 aromatic rings. The Bertz CT molecular complexity index is 1390. The van der Waals surface area contributed by atoms with Gasteiger partial charge in [0.25, 0.3) is 0 Å². The number of anilines is 1. The first-order valence-electron chi connectivity index (χ1n) is 9.99. The van der Waals surface area contributed by atoms with Gasteiger partial charge in [-0.25, -0.2) is 12.8 Å². The van der Waals surface area contributed by atoms with Crippen LogP contribution in [0.2, 0.25) is 0 Å². The molecule has 0 aliphatic carbocycles. The number of methoxy groups -OCH3 is 1. The van der Waals surface area contributed by atoms with Gasteiger partial charge in [-0.1, -0.05) is 18.2 Å². The van der Waals surface area contributed by atoms with Gasteiger partial charge in [0.1, 0.15) is 12.3 Å². The number of halogens is 2. The second-order valence-electron chi connectivity index (χ2n) is 7.18. The number of pyridine rings is 1. The number of hydrogen-bond donors (Lipinski definition) is 6. The molecule has 37 heavy (non-hydrogen) atoms. The van der Waals surface area contributed by atoms with E-state index >= 15 is 0 Å². The van der Waals surface area contributed by atoms with Crippen molar-refractivity contribution in [3.05, 3.63) is 60.4 Å². The number of carboxylic acid groups (broad SMARTS) is 1. The van der Waals surface area contributed by atoms with E-state index in [0.29, 0.717) is 27.8 Å². The highest BCUT2D eigenvalue weighted by atomic mass is 35.5. The zero-order chi connectivity index (χ0) is 27.0. The van der Waals surface area contributed by atoms with Crippen LogP contribution in [0, 0.1) is 10.8 Å². The van der Waals surface area contributed by atoms with Crippen molar-refractivity contribution in [1.82, 2.24) is 9.29 Å². The fourth-order valence-corrected chi connectivity index (χ4v) is 4.63. The second-order valence-corrected chi connectivity index (χ2v) is 9.46. The van der Waals surface area contributed by atoms with Crippen molar-refractivity contribution in [3.63, 3.8) is 0 Å². The third-order valence-electron chi connectivity index (χ3n) is 4.57. The molecule has 0 atom stereocenters. The lowest BCUT2D eigenvalue weighted by molar-refractivity contribution is -0.137. The summed E-state index contributed by atoms with van der Waals surface area (Å²) in [6.07, 6.45) is 2.83. The molecule has 13 nitrogen and oxygen atoms in total. The van der Waals surface area contributed by atoms with Crippen molar-refractivity contribution in [1.29, 1.82) is 10.8 Å². The monoisotopic (exact) mass is 572 g/mol. The standard InChI is InChI=1S/C20H20ClN5O5S.CH5N3.ClH/c1-31-15-4-2-3-13(7-15)11-25(12-19(27)28)32(29,30)16-5-6-17-14(8-16)9-24-10-18(17)26(21)20(22)23;2-1(3)4;/h2-10H,11-12H2,1H3,(H3,22,23)(H,27,28);(H5,2,3,4);1H. The van der Waals surface area contributed by atoms with Gasteiger partial charge in [-0.15, -0.1) is 12.4 Å². The Morgan fingerprint density at radius 2 is 1.78 bits per heavy atom. The quantitative estimate of drug-likeness (QED) is 0.130. The molecule has 0 saturated heterocycles. The van der Waals surface area contributed by atoms with Crippen molar-refractivity contribution in [2.75, 3.05) is 18.1 Å². The maximum atomic E-state index is 13.3. The molecule has 0 unspecified atom stereocenters. The Kier molecular flexibility index (Phi) is 11.3. The topological polar surface area (TPSA) is 226 Å². The normalized spacial score (nSPS) is 10.6. The molecule has 3 rings (SSSR count). The van der Waals surface area contributed by atoms with E-state index in [0.717, 1.165) is 8.72 Å². The summed E-state index contributed by atoms with van der Waals surface area (Å²) in [7, 11) is -2.70. The van der Waals surface area contributed by atoms with Crippen LogP contribution in [0.1, 0.15) is 5.56 Å². The maximum Gasteiger partial charge on any atom is 0.318 e. The molecule has 0 saturated carbocycles. The lowest BCUT2D eigenvalue weighted by Crippen LogP contribution is -2.35. The molecule has 16 heteroatoms. The lowest BCUT2D eigenvalue weighted by atomic mass is 10.1. The van der Waals surface area contributed by atoms with E-state index in [9.17, 15) is 18.3 Å². The Morgan fingerprint density at radius 1 is 1.14 bits per heavy atom. The molecule has 0 radical (unpaired) electrons. The highest BCUT2D eigenvalue weighted by molar-refractivity contribution is 7.89. The molecule has 0 fully saturated rings. The fraction of sp³-hybridized carbons (Fsp3) is 0.143. The van der Waals surface area contributed by atoms with Crippen LogP contribution < -0.4 is 26.4 Å². The van der Waals surface area contributed by atoms with E-state index in [4.69, 9.17) is 33.1 Å². The first kappa shape index (κ1) is 31.2. The number of carbonyl (C=O) groups is 1. The van der Waals surface area contributed by atoms with Crippen molar-refractivity contribution >= 4 is 68.6 Å². The van der Waals surface area contributed by atoms with Gasteiger partial charge in [0.15, 0.2) is 5.96 Å². The highest BCUT2D eigenvalue weighted by Crippen LogP contribution is 2.30. The van der Waals surface area contributed by atoms with Crippen LogP contribution in [0.5, 0.6) is 5.75 Å². The average Bonchev–Trinajstić information content (AvgIpc) is 2.81. The summed E-state index contributed by atoms with van der Waals surface area (Å²) in [6.45, 7) is -0.891. The summed E-state index contributed by atoms with van der Waals surface area (Å²) in [5, 5.41) is 23.8. The molecular weight excluding hydrogens is 547 g/mol. The van der Waals surface area contributed by atoms with Crippen LogP contribution in [0.25, 0.3) is 10.8 Å². The first-order chi connectivity index (χ1) is 16.9. The Morgan fingerprint density at radius 3 is 2.35 bits per heavy atom. The number of ether oxygens (including phenoxy) is 1. The van der Waals surface area contributed by atoms with E-state index in [2.05, 4.69) is 16.5 Å². The molecular formula is C21H26Cl2N8O5S. The maximum absolute atomic E-state index is 13.3. The van der Waals surface area contributed by atoms with Crippen LogP contribution in [-0.4, -0.2) is 54.4 Å². The predicted molar refractivity (Wildman–Crippen MR) is 144 cm³/mol. The second kappa shape index (κ2) is 13.5. The minimum Gasteiger partial charge on any atom is -0.497 e. The third-order valence-corrected chi connectivity index (χ3v) is 6.73. The number of guanidine groups is 2. The Balaban J connectivity index is 0.00000127. The van der Waals surface area contributed by atoms with Crippen LogP contribution >= 0.6 is 24.2 Å². The zero-order valence-corrected chi connectivity index (χ0v) is 21.8. The molecule has 1 heterocycles. The summed E-state index contributed by atoms with van der Waals surface area (Å²) in [5.74, 6) is -1.53. The number of rotatable bonds is 8. The van der Waals surface area contributed by atoms with E-state index in [1.54, 1.807) is 24.3 Å². The molecule has 200 valence electrons. The average molecular weight is 573 g/mol. The first-order valence-corrected chi connectivity index (χ1v) is 11.8. The van der Waals surface area contributed by atoms with Gasteiger partial charge in [0.2, 0.25) is 16.0 Å². The fourth-order valence-electron chi connectivity index (χ4n) is 3.09. The van der Waals surface area contributed by atoms with E-state index in [1.165, 1.54) is 37.7 Å². The number of carboxylic acids is 1. The number of benzene rings is 2. The number of aromatic nitrogens is 1. The number of nitrogens with two attached hydrogens (primary N) is 3. The van der Waals surface area contributed by atoms with Gasteiger partial charge in [-0.2, -0.15) is 4.31 Å². The SMILES string of the molecule is COc1cccc(CN(CC(=O)O)S(=O)(=O)c2ccc3c(N(Cl)C(=N)N)cncc3c2)c1.Cl.N=C(N)N. The number of aliphatic carboxylic acids is 1. The largest absolute Gasteiger partial charge is 0.497 e. The molecule has 0 amide bonds. The van der Waals surface area contributed by atoms with E-state index in [1.807, 2.05) is 0 Å². The summed E-state index contributed by atoms with van der Waals surface area (Å²) < 4.78 is 33.5. The molecule has 0 bridgehead atoms. The van der Waals surface area contributed by atoms with Gasteiger partial charge in [0, 0.05) is 35.3 Å². The Labute approximate surface area is 224 Å². The number of nitrogens with one attached hydrogen (secondary N) is 2. The third kappa shape index (κ3) is 8.35. The summed E-state index contributed by atoms with van der Waals surface area (Å²) >= 11 is 6.01. The van der Waals surface area contributed by atoms with Crippen LogP contribution in [-0.2, 0) is 21.4 Å². The van der Waals surface area contributed by atoms with Gasteiger partial charge in [0.05, 0.1) is 23.9 Å². The van der Waals surface area contributed by atoms with Gasteiger partial charge in [-0.05, 0) is 29.8 Å². The Hall–Kier alpha value is -3.85. The zero-order valence-electron chi connectivity index (χ0n) is 19.5. The highest BCUT2D eigenvalue weighted by Gasteiger charge is 2.27. The van der Waals surface area contributed by atoms with Crippen LogP contribution in [0.3, 0.4) is 0 Å². The minimum atomic E-state index is -4.18. The summed E-state index contributed by atoms with van der Waals surface area (Å²) in [4.78, 5) is 15.3. The van der Waals surface area contributed by atoms with Gasteiger partial charge >= 0.3 is 5.97 Å². The number of fused-ring (bicyclic) bond motifs is 1. The molecule has 0 aliphatic heterocycles. The molecule has 0 aliphatic rings. The smallest absolute Gasteiger partial charge is 0.318 e. The van der Waals surface area contributed by atoms with Crippen molar-refractivity contribution < 1.29 is 23.1 Å². The minimum absolute atomic E-state index is 0. The number of hydrogen-bond acceptors (Lipinski definition) is 7. The molecule has 9 N–H and O–H groups in total. The van der Waals surface area contributed by atoms with Crippen LogP contribution in [0.15, 0.2) is 59.8 Å². The predicted octanol–water partition coefficient (Wildman–Crippen LogP) is 1.63. The molecule has 1 aromatic heterocycles. The van der Waals surface area contributed by atoms with Crippen molar-refractivity contribution in [3.8, 4) is 5.75 Å². The van der Waals surface area contributed by atoms with Gasteiger partial charge < -0.3 is 27.0 Å². The van der Waals surface area contributed by atoms with Crippen LogP contribution in [0.4, 0.5) is 5.69 Å².